The lowest BCUT2D eigenvalue weighted by Gasteiger charge is -2.21. The van der Waals surface area contributed by atoms with E-state index in [0.29, 0.717) is 19.6 Å². The first-order valence-corrected chi connectivity index (χ1v) is 9.72. The molecule has 130 valence electrons. The van der Waals surface area contributed by atoms with Crippen molar-refractivity contribution in [3.8, 4) is 0 Å². The minimum absolute atomic E-state index is 0.0487. The third kappa shape index (κ3) is 2.94. The summed E-state index contributed by atoms with van der Waals surface area (Å²) >= 11 is 0. The number of sulfonamides is 1. The van der Waals surface area contributed by atoms with Crippen molar-refractivity contribution in [2.24, 2.45) is 11.8 Å². The maximum absolute atomic E-state index is 12.7. The average molecular weight is 357 g/mol. The molecule has 1 aromatic heterocycles. The quantitative estimate of drug-likeness (QED) is 0.828. The monoisotopic (exact) mass is 357 g/mol. The number of aromatic nitrogens is 1. The Morgan fingerprint density at radius 1 is 1.00 bits per heavy atom. The molecule has 6 nitrogen and oxygen atoms in total. The molecule has 0 saturated carbocycles. The Hall–Kier alpha value is -2.25. The summed E-state index contributed by atoms with van der Waals surface area (Å²) in [5.74, 6) is -0.124. The smallest absolute Gasteiger partial charge is 0.243 e. The zero-order valence-electron chi connectivity index (χ0n) is 13.7. The fraction of sp³-hybridized carbons (Fsp3) is 0.333. The van der Waals surface area contributed by atoms with Crippen LogP contribution in [0.3, 0.4) is 0 Å². The van der Waals surface area contributed by atoms with Crippen LogP contribution in [0.15, 0.2) is 59.8 Å². The summed E-state index contributed by atoms with van der Waals surface area (Å²) in [6, 6.07) is 12.2. The van der Waals surface area contributed by atoms with E-state index in [0.717, 1.165) is 5.56 Å². The van der Waals surface area contributed by atoms with E-state index >= 15 is 0 Å². The van der Waals surface area contributed by atoms with Crippen molar-refractivity contribution >= 4 is 15.9 Å². The maximum atomic E-state index is 12.7. The van der Waals surface area contributed by atoms with Crippen LogP contribution in [0.5, 0.6) is 0 Å². The third-order valence-electron chi connectivity index (χ3n) is 5.00. The highest BCUT2D eigenvalue weighted by Crippen LogP contribution is 2.35. The summed E-state index contributed by atoms with van der Waals surface area (Å²) in [5.41, 5.74) is 1.04. The molecule has 2 aliphatic heterocycles. The van der Waals surface area contributed by atoms with E-state index in [1.54, 1.807) is 42.7 Å². The van der Waals surface area contributed by atoms with Crippen LogP contribution >= 0.6 is 0 Å². The fourth-order valence-corrected chi connectivity index (χ4v) is 5.24. The van der Waals surface area contributed by atoms with E-state index in [1.807, 2.05) is 17.0 Å². The predicted molar refractivity (Wildman–Crippen MR) is 91.8 cm³/mol. The molecule has 2 aromatic rings. The number of carbonyl (C=O) groups excluding carboxylic acids is 1. The van der Waals surface area contributed by atoms with Gasteiger partial charge < -0.3 is 4.90 Å². The molecule has 0 radical (unpaired) electrons. The molecule has 2 saturated heterocycles. The number of hydrogen-bond acceptors (Lipinski definition) is 4. The van der Waals surface area contributed by atoms with Crippen molar-refractivity contribution in [3.63, 3.8) is 0 Å². The Labute approximate surface area is 147 Å². The Morgan fingerprint density at radius 2 is 1.72 bits per heavy atom. The Balaban J connectivity index is 1.47. The minimum atomic E-state index is -3.53. The number of nitrogens with zero attached hydrogens (tertiary/aromatic N) is 3. The second kappa shape index (κ2) is 6.24. The van der Waals surface area contributed by atoms with Gasteiger partial charge >= 0.3 is 0 Å². The molecule has 2 aliphatic rings. The van der Waals surface area contributed by atoms with E-state index in [1.165, 1.54) is 4.31 Å². The maximum Gasteiger partial charge on any atom is 0.243 e. The molecule has 4 rings (SSSR count). The highest BCUT2D eigenvalue weighted by molar-refractivity contribution is 7.89. The largest absolute Gasteiger partial charge is 0.338 e. The summed E-state index contributed by atoms with van der Waals surface area (Å²) < 4.78 is 26.9. The van der Waals surface area contributed by atoms with E-state index in [4.69, 9.17) is 0 Å². The van der Waals surface area contributed by atoms with Gasteiger partial charge in [-0.3, -0.25) is 9.78 Å². The lowest BCUT2D eigenvalue weighted by molar-refractivity contribution is -0.131. The summed E-state index contributed by atoms with van der Waals surface area (Å²) in [7, 11) is -3.53. The molecule has 25 heavy (non-hydrogen) atoms. The molecule has 2 fully saturated rings. The highest BCUT2D eigenvalue weighted by atomic mass is 32.2. The molecule has 1 amide bonds. The lowest BCUT2D eigenvalue weighted by atomic mass is 10.0. The Bertz CT molecular complexity index is 871. The predicted octanol–water partition coefficient (Wildman–Crippen LogP) is 1.36. The molecule has 1 aromatic carbocycles. The van der Waals surface area contributed by atoms with Crippen molar-refractivity contribution in [1.82, 2.24) is 14.2 Å². The topological polar surface area (TPSA) is 70.6 Å². The number of likely N-dealkylation sites (tertiary alicyclic amines) is 1. The van der Waals surface area contributed by atoms with Gasteiger partial charge in [0, 0.05) is 44.5 Å². The van der Waals surface area contributed by atoms with Crippen LogP contribution in [0.4, 0.5) is 0 Å². The molecular weight excluding hydrogens is 338 g/mol. The van der Waals surface area contributed by atoms with Gasteiger partial charge in [-0.05, 0) is 29.8 Å². The molecule has 0 unspecified atom stereocenters. The van der Waals surface area contributed by atoms with Crippen LogP contribution in [0, 0.1) is 11.8 Å². The zero-order valence-corrected chi connectivity index (χ0v) is 14.5. The van der Waals surface area contributed by atoms with Gasteiger partial charge in [-0.2, -0.15) is 4.31 Å². The second-order valence-electron chi connectivity index (χ2n) is 6.58. The summed E-state index contributed by atoms with van der Waals surface area (Å²) in [6.45, 7) is 1.83. The van der Waals surface area contributed by atoms with Crippen molar-refractivity contribution in [1.29, 1.82) is 0 Å². The van der Waals surface area contributed by atoms with Gasteiger partial charge in [0.25, 0.3) is 0 Å². The van der Waals surface area contributed by atoms with Crippen molar-refractivity contribution in [2.75, 3.05) is 19.6 Å². The SMILES string of the molecule is O=C1[C@@H]2CN(S(=O)(=O)c3ccccc3)C[C@@H]2CN1Cc1ccncc1. The summed E-state index contributed by atoms with van der Waals surface area (Å²) in [6.07, 6.45) is 3.43. The first kappa shape index (κ1) is 16.2. The van der Waals surface area contributed by atoms with Gasteiger partial charge in [0.2, 0.25) is 15.9 Å². The van der Waals surface area contributed by atoms with Crippen LogP contribution in [0.25, 0.3) is 0 Å². The molecule has 2 atom stereocenters. The molecule has 0 aliphatic carbocycles. The fourth-order valence-electron chi connectivity index (χ4n) is 3.69. The second-order valence-corrected chi connectivity index (χ2v) is 8.51. The third-order valence-corrected chi connectivity index (χ3v) is 6.84. The van der Waals surface area contributed by atoms with Gasteiger partial charge in [0.05, 0.1) is 10.8 Å². The molecule has 7 heteroatoms. The molecule has 0 N–H and O–H groups in total. The van der Waals surface area contributed by atoms with Crippen LogP contribution in [-0.2, 0) is 21.4 Å². The van der Waals surface area contributed by atoms with Gasteiger partial charge in [-0.15, -0.1) is 0 Å². The molecular formula is C18H19N3O3S. The van der Waals surface area contributed by atoms with Crippen molar-refractivity contribution in [3.05, 3.63) is 60.4 Å². The van der Waals surface area contributed by atoms with Crippen LogP contribution < -0.4 is 0 Å². The number of hydrogen-bond donors (Lipinski definition) is 0. The number of rotatable bonds is 4. The van der Waals surface area contributed by atoms with Crippen molar-refractivity contribution < 1.29 is 13.2 Å². The van der Waals surface area contributed by atoms with Gasteiger partial charge in [0.1, 0.15) is 0 Å². The van der Waals surface area contributed by atoms with Crippen molar-refractivity contribution in [2.45, 2.75) is 11.4 Å². The summed E-state index contributed by atoms with van der Waals surface area (Å²) in [4.78, 5) is 18.8. The van der Waals surface area contributed by atoms with Crippen LogP contribution in [0.2, 0.25) is 0 Å². The van der Waals surface area contributed by atoms with E-state index in [-0.39, 0.29) is 29.2 Å². The molecule has 0 spiro atoms. The molecule has 0 bridgehead atoms. The van der Waals surface area contributed by atoms with E-state index in [2.05, 4.69) is 4.98 Å². The lowest BCUT2D eigenvalue weighted by Crippen LogP contribution is -2.35. The average Bonchev–Trinajstić information content (AvgIpc) is 3.17. The van der Waals surface area contributed by atoms with Gasteiger partial charge in [0.15, 0.2) is 0 Å². The first-order chi connectivity index (χ1) is 12.1. The zero-order chi connectivity index (χ0) is 17.4. The number of benzene rings is 1. The standard InChI is InChI=1S/C18H19N3O3S/c22-18-17-13-21(25(23,24)16-4-2-1-3-5-16)12-15(17)11-20(18)10-14-6-8-19-9-7-14/h1-9,15,17H,10-13H2/t15-,17+/m0/s1. The number of amides is 1. The summed E-state index contributed by atoms with van der Waals surface area (Å²) in [5, 5.41) is 0. The van der Waals surface area contributed by atoms with Crippen LogP contribution in [-0.4, -0.2) is 48.1 Å². The number of fused-ring (bicyclic) bond motifs is 1. The Kier molecular flexibility index (Phi) is 4.05. The number of pyridine rings is 1. The Morgan fingerprint density at radius 3 is 2.40 bits per heavy atom. The normalized spacial score (nSPS) is 23.8. The van der Waals surface area contributed by atoms with E-state index < -0.39 is 10.0 Å². The van der Waals surface area contributed by atoms with Crippen LogP contribution in [0.1, 0.15) is 5.56 Å². The minimum Gasteiger partial charge on any atom is -0.338 e. The molecule has 3 heterocycles. The van der Waals surface area contributed by atoms with Gasteiger partial charge in [-0.25, -0.2) is 8.42 Å². The first-order valence-electron chi connectivity index (χ1n) is 8.28. The number of carbonyl (C=O) groups is 1. The van der Waals surface area contributed by atoms with E-state index in [9.17, 15) is 13.2 Å². The van der Waals surface area contributed by atoms with Gasteiger partial charge in [-0.1, -0.05) is 18.2 Å². The highest BCUT2D eigenvalue weighted by Gasteiger charge is 2.49.